The molecule has 0 amide bonds. The zero-order valence-corrected chi connectivity index (χ0v) is 18.6. The summed E-state index contributed by atoms with van der Waals surface area (Å²) in [6, 6.07) is 0. The molecule has 0 aliphatic heterocycles. The summed E-state index contributed by atoms with van der Waals surface area (Å²) >= 11 is 0. The molecule has 0 aromatic carbocycles. The van der Waals surface area contributed by atoms with Gasteiger partial charge in [0.15, 0.2) is 0 Å². The van der Waals surface area contributed by atoms with Gasteiger partial charge in [0, 0.05) is 0 Å². The van der Waals surface area contributed by atoms with Crippen LogP contribution in [0.15, 0.2) is 0 Å². The Hall–Kier alpha value is 0.430. The van der Waals surface area contributed by atoms with Crippen molar-refractivity contribution in [3.8, 4) is 0 Å². The molecule has 0 radical (unpaired) electrons. The van der Waals surface area contributed by atoms with Crippen LogP contribution in [0.5, 0.6) is 0 Å². The Bertz CT molecular complexity index is 256. The Morgan fingerprint density at radius 3 is 1.38 bits per heavy atom. The molecule has 0 aliphatic carbocycles. The molecule has 3 nitrogen and oxygen atoms in total. The fourth-order valence-corrected chi connectivity index (χ4v) is 2.90. The van der Waals surface area contributed by atoms with Crippen LogP contribution in [0, 0.1) is 0 Å². The van der Waals surface area contributed by atoms with Crippen LogP contribution in [0.25, 0.3) is 0 Å². The van der Waals surface area contributed by atoms with Gasteiger partial charge in [-0.1, -0.05) is 103 Å². The van der Waals surface area contributed by atoms with E-state index in [1.807, 2.05) is 0 Å². The zero-order chi connectivity index (χ0) is 17.0. The number of hydrogen-bond acceptors (Lipinski definition) is 3. The molecule has 0 fully saturated rings. The second kappa shape index (κ2) is 23.4. The average Bonchev–Trinajstić information content (AvgIpc) is 2.57. The van der Waals surface area contributed by atoms with E-state index >= 15 is 0 Å². The number of nitrogens with two attached hydrogens (primary N) is 1. The van der Waals surface area contributed by atoms with Crippen LogP contribution in [-0.4, -0.2) is 19.1 Å². The third kappa shape index (κ3) is 22.4. The Kier molecular flexibility index (Phi) is 26.0. The summed E-state index contributed by atoms with van der Waals surface area (Å²) in [5.74, 6) is -0.286. The van der Waals surface area contributed by atoms with Gasteiger partial charge in [-0.25, -0.2) is 0 Å². The molecule has 0 aliphatic rings. The van der Waals surface area contributed by atoms with Crippen molar-refractivity contribution in [2.24, 2.45) is 5.73 Å². The van der Waals surface area contributed by atoms with Gasteiger partial charge < -0.3 is 11.9 Å². The monoisotopic (exact) mass is 351 g/mol. The van der Waals surface area contributed by atoms with Gasteiger partial charge in [-0.3, -0.25) is 4.79 Å². The first-order valence-corrected chi connectivity index (χ1v) is 10.2. The van der Waals surface area contributed by atoms with Crippen LogP contribution >= 0.6 is 0 Å². The van der Waals surface area contributed by atoms with Crippen molar-refractivity contribution in [1.29, 1.82) is 0 Å². The van der Waals surface area contributed by atoms with Crippen LogP contribution in [0.3, 0.4) is 0 Å². The number of unbranched alkanes of at least 4 members (excludes halogenated alkanes) is 15. The number of carbonyl (C=O) groups excluding carboxylic acids is 1. The van der Waals surface area contributed by atoms with Crippen molar-refractivity contribution in [1.82, 2.24) is 0 Å². The van der Waals surface area contributed by atoms with Gasteiger partial charge in [0.05, 0.1) is 13.2 Å². The number of rotatable bonds is 18. The fraction of sp³-hybridized carbons (Fsp3) is 0.950. The summed E-state index contributed by atoms with van der Waals surface area (Å²) in [6.07, 6.45) is 21.7. The van der Waals surface area contributed by atoms with Gasteiger partial charge >= 0.3 is 35.5 Å². The molecule has 0 saturated heterocycles. The second-order valence-corrected chi connectivity index (χ2v) is 6.73. The van der Waals surface area contributed by atoms with Crippen molar-refractivity contribution in [3.05, 3.63) is 0 Å². The zero-order valence-electron chi connectivity index (χ0n) is 17.6. The van der Waals surface area contributed by atoms with E-state index in [2.05, 4.69) is 6.92 Å². The fourth-order valence-electron chi connectivity index (χ4n) is 2.90. The molecule has 0 heterocycles. The summed E-state index contributed by atoms with van der Waals surface area (Å²) < 4.78 is 4.95. The summed E-state index contributed by atoms with van der Waals surface area (Å²) in [4.78, 5) is 10.8. The van der Waals surface area contributed by atoms with Crippen molar-refractivity contribution < 1.29 is 40.5 Å². The van der Waals surface area contributed by atoms with Crippen LogP contribution in [0.2, 0.25) is 0 Å². The van der Waals surface area contributed by atoms with Gasteiger partial charge in [-0.05, 0) is 6.42 Å². The predicted molar refractivity (Wildman–Crippen MR) is 101 cm³/mol. The van der Waals surface area contributed by atoms with E-state index in [0.29, 0.717) is 6.61 Å². The minimum Gasteiger partial charge on any atom is -1.00 e. The second-order valence-electron chi connectivity index (χ2n) is 6.73. The predicted octanol–water partition coefficient (Wildman–Crippen LogP) is 2.87. The SMILES string of the molecule is CCCCCCCCCCCCCCCCCCOC(=O)CN.[H-].[Na+]. The topological polar surface area (TPSA) is 52.3 Å². The van der Waals surface area contributed by atoms with Crippen molar-refractivity contribution in [3.63, 3.8) is 0 Å². The maximum atomic E-state index is 10.8. The number of hydrogen-bond donors (Lipinski definition) is 1. The molecule has 0 rings (SSSR count). The van der Waals surface area contributed by atoms with Crippen LogP contribution in [0.1, 0.15) is 111 Å². The summed E-state index contributed by atoms with van der Waals surface area (Å²) in [5.41, 5.74) is 5.17. The van der Waals surface area contributed by atoms with Gasteiger partial charge in [0.25, 0.3) is 0 Å². The summed E-state index contributed by atoms with van der Waals surface area (Å²) in [5, 5.41) is 0. The maximum absolute atomic E-state index is 10.8. The van der Waals surface area contributed by atoms with E-state index in [-0.39, 0.29) is 43.5 Å². The van der Waals surface area contributed by atoms with Crippen LogP contribution in [-0.2, 0) is 9.53 Å². The van der Waals surface area contributed by atoms with Crippen molar-refractivity contribution in [2.75, 3.05) is 13.2 Å². The molecule has 140 valence electrons. The van der Waals surface area contributed by atoms with Crippen LogP contribution in [0.4, 0.5) is 0 Å². The van der Waals surface area contributed by atoms with Crippen molar-refractivity contribution in [2.45, 2.75) is 110 Å². The summed E-state index contributed by atoms with van der Waals surface area (Å²) in [6.45, 7) is 2.81. The number of ether oxygens (including phenoxy) is 1. The van der Waals surface area contributed by atoms with Crippen LogP contribution < -0.4 is 35.3 Å². The molecule has 0 aromatic rings. The molecule has 0 bridgehead atoms. The number of carbonyl (C=O) groups is 1. The van der Waals surface area contributed by atoms with E-state index < -0.39 is 0 Å². The van der Waals surface area contributed by atoms with E-state index in [1.54, 1.807) is 0 Å². The molecule has 0 spiro atoms. The third-order valence-corrected chi connectivity index (χ3v) is 4.43. The normalized spacial score (nSPS) is 10.4. The van der Waals surface area contributed by atoms with Gasteiger partial charge in [0.2, 0.25) is 0 Å². The molecule has 4 heteroatoms. The molecular formula is C20H42NNaO2. The molecular weight excluding hydrogens is 309 g/mol. The quantitative estimate of drug-likeness (QED) is 0.235. The molecule has 0 unspecified atom stereocenters. The smallest absolute Gasteiger partial charge is 1.00 e. The van der Waals surface area contributed by atoms with E-state index in [9.17, 15) is 4.79 Å². The Morgan fingerprint density at radius 2 is 1.04 bits per heavy atom. The molecule has 0 atom stereocenters. The minimum atomic E-state index is -0.286. The molecule has 24 heavy (non-hydrogen) atoms. The Morgan fingerprint density at radius 1 is 0.708 bits per heavy atom. The van der Waals surface area contributed by atoms with Gasteiger partial charge in [-0.15, -0.1) is 0 Å². The summed E-state index contributed by atoms with van der Waals surface area (Å²) in [7, 11) is 0. The third-order valence-electron chi connectivity index (χ3n) is 4.43. The van der Waals surface area contributed by atoms with E-state index in [4.69, 9.17) is 10.5 Å². The Labute approximate surface area is 174 Å². The first-order chi connectivity index (χ1) is 11.3. The molecule has 2 N–H and O–H groups in total. The van der Waals surface area contributed by atoms with Gasteiger partial charge in [0.1, 0.15) is 0 Å². The first-order valence-electron chi connectivity index (χ1n) is 10.2. The van der Waals surface area contributed by atoms with Crippen molar-refractivity contribution >= 4 is 5.97 Å². The maximum Gasteiger partial charge on any atom is 1.00 e. The molecule has 0 aromatic heterocycles. The van der Waals surface area contributed by atoms with E-state index in [0.717, 1.165) is 12.8 Å². The van der Waals surface area contributed by atoms with Gasteiger partial charge in [-0.2, -0.15) is 0 Å². The number of esters is 1. The first kappa shape index (κ1) is 26.7. The van der Waals surface area contributed by atoms with E-state index in [1.165, 1.54) is 89.9 Å². The molecule has 0 saturated carbocycles. The standard InChI is InChI=1S/C20H41NO2.Na.H/c1-2-3-4-5-6-7-8-9-10-11-12-13-14-15-16-17-18-23-20(22)19-21;;/h2-19,21H2,1H3;;/q;+1;-1. The largest absolute Gasteiger partial charge is 1.00 e. The Balaban J connectivity index is -0.00000242. The average molecular weight is 352 g/mol. The minimum absolute atomic E-state index is 0.